The van der Waals surface area contributed by atoms with Crippen LogP contribution in [0.3, 0.4) is 0 Å². The maximum absolute atomic E-state index is 12.0. The lowest BCUT2D eigenvalue weighted by atomic mass is 9.96. The van der Waals surface area contributed by atoms with Gasteiger partial charge < -0.3 is 11.1 Å². The summed E-state index contributed by atoms with van der Waals surface area (Å²) in [7, 11) is 0. The molecule has 2 unspecified atom stereocenters. The Bertz CT molecular complexity index is 395. The van der Waals surface area contributed by atoms with Crippen LogP contribution < -0.4 is 11.1 Å². The number of nitrogens with one attached hydrogen (secondary N) is 1. The van der Waals surface area contributed by atoms with Crippen molar-refractivity contribution in [1.82, 2.24) is 15.2 Å². The molecule has 0 aliphatic carbocycles. The zero-order valence-corrected chi connectivity index (χ0v) is 12.2. The molecule has 1 amide bonds. The number of aromatic nitrogens is 1. The second kappa shape index (κ2) is 6.98. The van der Waals surface area contributed by atoms with Crippen LogP contribution >= 0.6 is 11.3 Å². The normalized spacial score (nSPS) is 22.1. The van der Waals surface area contributed by atoms with E-state index in [-0.39, 0.29) is 11.8 Å². The van der Waals surface area contributed by atoms with Gasteiger partial charge in [0.15, 0.2) is 0 Å². The summed E-state index contributed by atoms with van der Waals surface area (Å²) >= 11 is 1.68. The molecule has 106 valence electrons. The Hall–Kier alpha value is -0.980. The second-order valence-electron chi connectivity index (χ2n) is 4.96. The van der Waals surface area contributed by atoms with E-state index in [9.17, 15) is 4.79 Å². The molecule has 1 aromatic heterocycles. The van der Waals surface area contributed by atoms with Crippen LogP contribution in [0.4, 0.5) is 0 Å². The Labute approximate surface area is 118 Å². The fourth-order valence-electron chi connectivity index (χ4n) is 2.51. The van der Waals surface area contributed by atoms with E-state index >= 15 is 0 Å². The Balaban J connectivity index is 1.91. The first-order valence-corrected chi connectivity index (χ1v) is 7.71. The van der Waals surface area contributed by atoms with E-state index in [1.54, 1.807) is 11.3 Å². The topological polar surface area (TPSA) is 71.2 Å². The van der Waals surface area contributed by atoms with Crippen LogP contribution in [0.25, 0.3) is 0 Å². The molecule has 0 bridgehead atoms. The molecule has 2 atom stereocenters. The number of likely N-dealkylation sites (tertiary alicyclic amines) is 1. The maximum Gasteiger partial charge on any atom is 0.224 e. The van der Waals surface area contributed by atoms with E-state index < -0.39 is 0 Å². The average Bonchev–Trinajstić information content (AvgIpc) is 2.98. The van der Waals surface area contributed by atoms with Gasteiger partial charge in [0.25, 0.3) is 0 Å². The Morgan fingerprint density at radius 1 is 1.74 bits per heavy atom. The zero-order valence-electron chi connectivity index (χ0n) is 11.3. The van der Waals surface area contributed by atoms with Gasteiger partial charge in [-0.05, 0) is 26.3 Å². The Morgan fingerprint density at radius 2 is 2.58 bits per heavy atom. The largest absolute Gasteiger partial charge is 0.355 e. The highest BCUT2D eigenvalue weighted by Crippen LogP contribution is 2.27. The monoisotopic (exact) mass is 282 g/mol. The van der Waals surface area contributed by atoms with Gasteiger partial charge in [-0.25, -0.2) is 4.98 Å². The van der Waals surface area contributed by atoms with Crippen molar-refractivity contribution in [3.05, 3.63) is 16.6 Å². The standard InChI is InChI=1S/C13H22N4OS/c1-10(13-16-6-8-19-13)17-7-2-3-11(9-17)12(18)15-5-4-14/h6,8,10-11H,2-5,7,9,14H2,1H3,(H,15,18). The van der Waals surface area contributed by atoms with Gasteiger partial charge in [0.05, 0.1) is 12.0 Å². The van der Waals surface area contributed by atoms with Crippen LogP contribution in [0, 0.1) is 5.92 Å². The summed E-state index contributed by atoms with van der Waals surface area (Å²) < 4.78 is 0. The molecule has 1 aliphatic heterocycles. The van der Waals surface area contributed by atoms with Gasteiger partial charge in [-0.1, -0.05) is 0 Å². The first kappa shape index (κ1) is 14.4. The third kappa shape index (κ3) is 3.75. The molecule has 6 heteroatoms. The highest BCUT2D eigenvalue weighted by atomic mass is 32.1. The van der Waals surface area contributed by atoms with Crippen molar-refractivity contribution in [3.63, 3.8) is 0 Å². The maximum atomic E-state index is 12.0. The minimum absolute atomic E-state index is 0.0858. The number of nitrogens with two attached hydrogens (primary N) is 1. The summed E-state index contributed by atoms with van der Waals surface area (Å²) in [6.07, 6.45) is 3.87. The Kier molecular flexibility index (Phi) is 5.30. The van der Waals surface area contributed by atoms with Crippen molar-refractivity contribution in [3.8, 4) is 0 Å². The molecule has 0 spiro atoms. The number of carbonyl (C=O) groups is 1. The molecule has 1 aliphatic rings. The second-order valence-corrected chi connectivity index (χ2v) is 5.89. The number of hydrogen-bond donors (Lipinski definition) is 2. The lowest BCUT2D eigenvalue weighted by Gasteiger charge is -2.35. The quantitative estimate of drug-likeness (QED) is 0.845. The van der Waals surface area contributed by atoms with Gasteiger partial charge in [-0.2, -0.15) is 0 Å². The summed E-state index contributed by atoms with van der Waals surface area (Å²) in [6, 6.07) is 0.296. The molecular weight excluding hydrogens is 260 g/mol. The number of thiazole rings is 1. The zero-order chi connectivity index (χ0) is 13.7. The van der Waals surface area contributed by atoms with Crippen LogP contribution in [0.15, 0.2) is 11.6 Å². The first-order valence-electron chi connectivity index (χ1n) is 6.83. The number of hydrogen-bond acceptors (Lipinski definition) is 5. The van der Waals surface area contributed by atoms with Crippen LogP contribution in [-0.4, -0.2) is 42.0 Å². The van der Waals surface area contributed by atoms with Crippen LogP contribution in [0.1, 0.15) is 30.8 Å². The van der Waals surface area contributed by atoms with E-state index in [0.717, 1.165) is 30.9 Å². The van der Waals surface area contributed by atoms with Gasteiger partial charge in [0.1, 0.15) is 5.01 Å². The third-order valence-corrected chi connectivity index (χ3v) is 4.57. The number of piperidine rings is 1. The average molecular weight is 282 g/mol. The fourth-order valence-corrected chi connectivity index (χ4v) is 3.24. The Morgan fingerprint density at radius 3 is 3.26 bits per heavy atom. The van der Waals surface area contributed by atoms with Crippen molar-refractivity contribution in [2.75, 3.05) is 26.2 Å². The molecule has 3 N–H and O–H groups in total. The number of carbonyl (C=O) groups excluding carboxylic acids is 1. The van der Waals surface area contributed by atoms with E-state index in [4.69, 9.17) is 5.73 Å². The van der Waals surface area contributed by atoms with Crippen LogP contribution in [0.5, 0.6) is 0 Å². The van der Waals surface area contributed by atoms with Crippen molar-refractivity contribution in [2.45, 2.75) is 25.8 Å². The summed E-state index contributed by atoms with van der Waals surface area (Å²) in [5.41, 5.74) is 5.41. The van der Waals surface area contributed by atoms with Crippen molar-refractivity contribution in [2.24, 2.45) is 11.7 Å². The van der Waals surface area contributed by atoms with Gasteiger partial charge in [-0.15, -0.1) is 11.3 Å². The number of nitrogens with zero attached hydrogens (tertiary/aromatic N) is 2. The minimum Gasteiger partial charge on any atom is -0.355 e. The fraction of sp³-hybridized carbons (Fsp3) is 0.692. The molecule has 0 radical (unpaired) electrons. The van der Waals surface area contributed by atoms with E-state index in [1.165, 1.54) is 0 Å². The van der Waals surface area contributed by atoms with Gasteiger partial charge >= 0.3 is 0 Å². The molecule has 5 nitrogen and oxygen atoms in total. The SMILES string of the molecule is CC(c1nccs1)N1CCCC(C(=O)NCCN)C1. The smallest absolute Gasteiger partial charge is 0.224 e. The van der Waals surface area contributed by atoms with E-state index in [2.05, 4.69) is 22.1 Å². The van der Waals surface area contributed by atoms with E-state index in [0.29, 0.717) is 19.1 Å². The van der Waals surface area contributed by atoms with Crippen molar-refractivity contribution in [1.29, 1.82) is 0 Å². The molecule has 0 saturated carbocycles. The van der Waals surface area contributed by atoms with Gasteiger partial charge in [-0.3, -0.25) is 9.69 Å². The van der Waals surface area contributed by atoms with E-state index in [1.807, 2.05) is 11.6 Å². The third-order valence-electron chi connectivity index (χ3n) is 3.62. The van der Waals surface area contributed by atoms with Crippen LogP contribution in [0.2, 0.25) is 0 Å². The lowest BCUT2D eigenvalue weighted by molar-refractivity contribution is -0.126. The van der Waals surface area contributed by atoms with Gasteiger partial charge in [0.2, 0.25) is 5.91 Å². The number of rotatable bonds is 5. The first-order chi connectivity index (χ1) is 9.22. The summed E-state index contributed by atoms with van der Waals surface area (Å²) in [5.74, 6) is 0.226. The molecule has 0 aromatic carbocycles. The molecule has 1 aromatic rings. The molecule has 19 heavy (non-hydrogen) atoms. The lowest BCUT2D eigenvalue weighted by Crippen LogP contribution is -2.44. The van der Waals surface area contributed by atoms with Crippen molar-refractivity contribution >= 4 is 17.2 Å². The van der Waals surface area contributed by atoms with Gasteiger partial charge in [0, 0.05) is 31.2 Å². The van der Waals surface area contributed by atoms with Crippen LogP contribution in [-0.2, 0) is 4.79 Å². The summed E-state index contributed by atoms with van der Waals surface area (Å²) in [6.45, 7) is 5.09. The summed E-state index contributed by atoms with van der Waals surface area (Å²) in [4.78, 5) is 18.7. The predicted octanol–water partition coefficient (Wildman–Crippen LogP) is 0.991. The molecular formula is C13H22N4OS. The minimum atomic E-state index is 0.0858. The molecule has 1 fully saturated rings. The van der Waals surface area contributed by atoms with Crippen molar-refractivity contribution < 1.29 is 4.79 Å². The highest BCUT2D eigenvalue weighted by Gasteiger charge is 2.29. The molecule has 2 rings (SSSR count). The molecule has 2 heterocycles. The number of amides is 1. The summed E-state index contributed by atoms with van der Waals surface area (Å²) in [5, 5.41) is 6.02. The predicted molar refractivity (Wildman–Crippen MR) is 76.9 cm³/mol. The molecule has 1 saturated heterocycles. The highest BCUT2D eigenvalue weighted by molar-refractivity contribution is 7.09.